The number of aliphatic hydroxyl groups excluding tert-OH is 1. The first-order valence-corrected chi connectivity index (χ1v) is 8.49. The van der Waals surface area contributed by atoms with Crippen LogP contribution in [0.1, 0.15) is 10.4 Å². The van der Waals surface area contributed by atoms with E-state index in [-0.39, 0.29) is 37.6 Å². The topological polar surface area (TPSA) is 111 Å². The van der Waals surface area contributed by atoms with Crippen molar-refractivity contribution >= 4 is 33.3 Å². The molecule has 0 atom stereocenters. The summed E-state index contributed by atoms with van der Waals surface area (Å²) >= 11 is 3.32. The molecule has 0 aliphatic heterocycles. The van der Waals surface area contributed by atoms with E-state index < -0.39 is 10.9 Å². The van der Waals surface area contributed by atoms with Crippen LogP contribution < -0.4 is 10.1 Å². The van der Waals surface area contributed by atoms with Crippen molar-refractivity contribution in [3.05, 3.63) is 62.6 Å². The van der Waals surface area contributed by atoms with Gasteiger partial charge in [0.1, 0.15) is 19.0 Å². The maximum Gasteiger partial charge on any atom is 0.340 e. The van der Waals surface area contributed by atoms with Crippen molar-refractivity contribution in [3.8, 4) is 5.75 Å². The lowest BCUT2D eigenvalue weighted by Crippen LogP contribution is -2.15. The van der Waals surface area contributed by atoms with Gasteiger partial charge in [-0.3, -0.25) is 10.1 Å². The lowest BCUT2D eigenvalue weighted by molar-refractivity contribution is -0.384. The first-order valence-electron chi connectivity index (χ1n) is 7.70. The number of carbonyl (C=O) groups excluding carboxylic acids is 1. The average molecular weight is 425 g/mol. The molecule has 0 radical (unpaired) electrons. The van der Waals surface area contributed by atoms with Gasteiger partial charge in [-0.05, 0) is 30.3 Å². The Hall–Kier alpha value is -2.65. The minimum Gasteiger partial charge on any atom is -0.490 e. The normalized spacial score (nSPS) is 10.2. The highest BCUT2D eigenvalue weighted by Crippen LogP contribution is 2.23. The van der Waals surface area contributed by atoms with Gasteiger partial charge >= 0.3 is 5.97 Å². The molecule has 0 aliphatic carbocycles. The second-order valence-electron chi connectivity index (χ2n) is 5.08. The Morgan fingerprint density at radius 2 is 1.92 bits per heavy atom. The fourth-order valence-corrected chi connectivity index (χ4v) is 2.33. The SMILES string of the molecule is O=C(OCCOc1ccc(Br)cc1)c1cc([N+](=O)[O-])ccc1NCCO. The van der Waals surface area contributed by atoms with Crippen LogP contribution in [0.5, 0.6) is 5.75 Å². The van der Waals surface area contributed by atoms with Crippen molar-refractivity contribution in [1.29, 1.82) is 0 Å². The van der Waals surface area contributed by atoms with Gasteiger partial charge in [0.05, 0.1) is 17.1 Å². The van der Waals surface area contributed by atoms with E-state index in [0.717, 1.165) is 10.5 Å². The van der Waals surface area contributed by atoms with E-state index in [4.69, 9.17) is 14.6 Å². The number of nitro groups is 1. The molecular weight excluding hydrogens is 408 g/mol. The minimum atomic E-state index is -0.714. The van der Waals surface area contributed by atoms with Crippen LogP contribution in [0.4, 0.5) is 11.4 Å². The number of hydrogen-bond donors (Lipinski definition) is 2. The molecule has 0 aliphatic rings. The lowest BCUT2D eigenvalue weighted by Gasteiger charge is -2.11. The monoisotopic (exact) mass is 424 g/mol. The fraction of sp³-hybridized carbons (Fsp3) is 0.235. The van der Waals surface area contributed by atoms with Gasteiger partial charge in [-0.15, -0.1) is 0 Å². The highest BCUT2D eigenvalue weighted by atomic mass is 79.9. The Bertz CT molecular complexity index is 766. The highest BCUT2D eigenvalue weighted by molar-refractivity contribution is 9.10. The molecule has 138 valence electrons. The fourth-order valence-electron chi connectivity index (χ4n) is 2.06. The Balaban J connectivity index is 1.96. The Morgan fingerprint density at radius 1 is 1.19 bits per heavy atom. The summed E-state index contributed by atoms with van der Waals surface area (Å²) in [7, 11) is 0. The molecule has 0 unspecified atom stereocenters. The molecule has 0 amide bonds. The molecule has 0 fully saturated rings. The summed E-state index contributed by atoms with van der Waals surface area (Å²) in [6, 6.07) is 11.0. The Kier molecular flexibility index (Phi) is 7.37. The number of hydrogen-bond acceptors (Lipinski definition) is 7. The summed E-state index contributed by atoms with van der Waals surface area (Å²) in [5, 5.41) is 22.6. The van der Waals surface area contributed by atoms with E-state index in [1.54, 1.807) is 12.1 Å². The predicted molar refractivity (Wildman–Crippen MR) is 98.6 cm³/mol. The Morgan fingerprint density at radius 3 is 2.58 bits per heavy atom. The molecule has 2 aromatic carbocycles. The number of carbonyl (C=O) groups is 1. The zero-order valence-electron chi connectivity index (χ0n) is 13.7. The van der Waals surface area contributed by atoms with E-state index in [0.29, 0.717) is 11.4 Å². The molecule has 0 aromatic heterocycles. The maximum absolute atomic E-state index is 12.3. The summed E-state index contributed by atoms with van der Waals surface area (Å²) in [5.74, 6) is -0.0848. The molecule has 2 N–H and O–H groups in total. The predicted octanol–water partition coefficient (Wildman–Crippen LogP) is 3.00. The van der Waals surface area contributed by atoms with Gasteiger partial charge in [0.15, 0.2) is 0 Å². The third-order valence-corrected chi connectivity index (χ3v) is 3.79. The molecule has 9 heteroatoms. The summed E-state index contributed by atoms with van der Waals surface area (Å²) < 4.78 is 11.5. The van der Waals surface area contributed by atoms with Gasteiger partial charge in [0, 0.05) is 28.8 Å². The second kappa shape index (κ2) is 9.73. The molecule has 2 rings (SSSR count). The molecule has 0 saturated heterocycles. The Labute approximate surface area is 158 Å². The van der Waals surface area contributed by atoms with Crippen molar-refractivity contribution < 1.29 is 24.3 Å². The van der Waals surface area contributed by atoms with E-state index in [1.807, 2.05) is 12.1 Å². The van der Waals surface area contributed by atoms with E-state index >= 15 is 0 Å². The largest absolute Gasteiger partial charge is 0.490 e. The first kappa shape index (κ1) is 19.7. The third-order valence-electron chi connectivity index (χ3n) is 3.26. The van der Waals surface area contributed by atoms with Gasteiger partial charge in [-0.1, -0.05) is 15.9 Å². The van der Waals surface area contributed by atoms with E-state index in [9.17, 15) is 14.9 Å². The van der Waals surface area contributed by atoms with Crippen LogP contribution in [-0.2, 0) is 4.74 Å². The minimum absolute atomic E-state index is 0.0168. The molecule has 0 bridgehead atoms. The van der Waals surface area contributed by atoms with Crippen molar-refractivity contribution in [1.82, 2.24) is 0 Å². The standard InChI is InChI=1S/C17H17BrN2O6/c18-12-1-4-14(5-2-12)25-9-10-26-17(22)15-11-13(20(23)24)3-6-16(15)19-7-8-21/h1-6,11,19,21H,7-10H2. The number of rotatable bonds is 9. The van der Waals surface area contributed by atoms with E-state index in [1.165, 1.54) is 12.1 Å². The first-order chi connectivity index (χ1) is 12.5. The summed E-state index contributed by atoms with van der Waals surface area (Å²) in [6.07, 6.45) is 0. The number of ether oxygens (including phenoxy) is 2. The number of halogens is 1. The van der Waals surface area contributed by atoms with Gasteiger partial charge in [-0.25, -0.2) is 4.79 Å². The van der Waals surface area contributed by atoms with Gasteiger partial charge in [0.25, 0.3) is 5.69 Å². The average Bonchev–Trinajstić information content (AvgIpc) is 2.64. The smallest absolute Gasteiger partial charge is 0.340 e. The number of esters is 1. The number of aliphatic hydroxyl groups is 1. The molecule has 26 heavy (non-hydrogen) atoms. The number of nitrogens with one attached hydrogen (secondary N) is 1. The molecule has 0 heterocycles. The van der Waals surface area contributed by atoms with Gasteiger partial charge in [0.2, 0.25) is 0 Å². The highest BCUT2D eigenvalue weighted by Gasteiger charge is 2.18. The van der Waals surface area contributed by atoms with Gasteiger partial charge < -0.3 is 19.9 Å². The number of benzene rings is 2. The summed E-state index contributed by atoms with van der Waals surface area (Å²) in [5.41, 5.74) is 0.150. The van der Waals surface area contributed by atoms with Crippen LogP contribution in [0, 0.1) is 10.1 Å². The van der Waals surface area contributed by atoms with Crippen LogP contribution in [0.3, 0.4) is 0 Å². The van der Waals surface area contributed by atoms with Crippen molar-refractivity contribution in [2.45, 2.75) is 0 Å². The van der Waals surface area contributed by atoms with Gasteiger partial charge in [-0.2, -0.15) is 0 Å². The van der Waals surface area contributed by atoms with Crippen LogP contribution in [0.25, 0.3) is 0 Å². The molecule has 8 nitrogen and oxygen atoms in total. The number of non-ortho nitro benzene ring substituents is 1. The van der Waals surface area contributed by atoms with E-state index in [2.05, 4.69) is 21.2 Å². The number of nitrogens with zero attached hydrogens (tertiary/aromatic N) is 1. The molecular formula is C17H17BrN2O6. The maximum atomic E-state index is 12.3. The quantitative estimate of drug-likeness (QED) is 0.275. The zero-order valence-corrected chi connectivity index (χ0v) is 15.3. The lowest BCUT2D eigenvalue weighted by atomic mass is 10.1. The molecule has 0 spiro atoms. The number of anilines is 1. The van der Waals surface area contributed by atoms with Crippen LogP contribution in [0.2, 0.25) is 0 Å². The van der Waals surface area contributed by atoms with Crippen LogP contribution in [-0.4, -0.2) is 42.4 Å². The summed E-state index contributed by atoms with van der Waals surface area (Å²) in [6.45, 7) is 0.177. The van der Waals surface area contributed by atoms with Crippen molar-refractivity contribution in [2.75, 3.05) is 31.7 Å². The van der Waals surface area contributed by atoms with Crippen molar-refractivity contribution in [3.63, 3.8) is 0 Å². The number of nitro benzene ring substituents is 1. The zero-order chi connectivity index (χ0) is 18.9. The second-order valence-corrected chi connectivity index (χ2v) is 5.99. The third kappa shape index (κ3) is 5.71. The van der Waals surface area contributed by atoms with Crippen LogP contribution in [0.15, 0.2) is 46.9 Å². The summed E-state index contributed by atoms with van der Waals surface area (Å²) in [4.78, 5) is 22.6. The van der Waals surface area contributed by atoms with Crippen molar-refractivity contribution in [2.24, 2.45) is 0 Å². The molecule has 2 aromatic rings. The molecule has 0 saturated carbocycles. The van der Waals surface area contributed by atoms with Crippen LogP contribution >= 0.6 is 15.9 Å².